The van der Waals surface area contributed by atoms with Crippen molar-refractivity contribution in [1.29, 1.82) is 0 Å². The third-order valence-electron chi connectivity index (χ3n) is 4.93. The molecule has 0 fully saturated rings. The van der Waals surface area contributed by atoms with Gasteiger partial charge in [-0.2, -0.15) is 0 Å². The topological polar surface area (TPSA) is 52.6 Å². The SMILES string of the molecule is CC.CCC(=O)OCCOC(=O)CCC(C)CC(C)CC(C)CC(C)C.CCCCC. The van der Waals surface area contributed by atoms with Crippen LogP contribution in [0.5, 0.6) is 0 Å². The summed E-state index contributed by atoms with van der Waals surface area (Å²) < 4.78 is 9.95. The Bertz CT molecular complexity index is 391. The number of hydrogen-bond donors (Lipinski definition) is 0. The summed E-state index contributed by atoms with van der Waals surface area (Å²) in [7, 11) is 0. The number of unbranched alkanes of at least 4 members (excludes halogenated alkanes) is 2. The number of hydrogen-bond acceptors (Lipinski definition) is 4. The lowest BCUT2D eigenvalue weighted by Crippen LogP contribution is -2.14. The van der Waals surface area contributed by atoms with E-state index in [1.165, 1.54) is 32.1 Å². The van der Waals surface area contributed by atoms with Crippen LogP contribution in [-0.4, -0.2) is 25.2 Å². The molecule has 0 aliphatic rings. The zero-order chi connectivity index (χ0) is 24.7. The minimum Gasteiger partial charge on any atom is -0.462 e. The Kier molecular flexibility index (Phi) is 28.1. The fourth-order valence-electron chi connectivity index (χ4n) is 3.69. The monoisotopic (exact) mass is 444 g/mol. The summed E-state index contributed by atoms with van der Waals surface area (Å²) in [5, 5.41) is 0. The number of rotatable bonds is 15. The summed E-state index contributed by atoms with van der Waals surface area (Å²) in [6.45, 7) is 21.9. The van der Waals surface area contributed by atoms with Gasteiger partial charge in [0.1, 0.15) is 13.2 Å². The second-order valence-corrected chi connectivity index (χ2v) is 9.10. The molecule has 0 aliphatic carbocycles. The smallest absolute Gasteiger partial charge is 0.305 e. The maximum Gasteiger partial charge on any atom is 0.305 e. The average Bonchev–Trinajstić information content (AvgIpc) is 2.71. The highest BCUT2D eigenvalue weighted by molar-refractivity contribution is 5.69. The number of carbonyl (C=O) groups is 2. The van der Waals surface area contributed by atoms with Crippen LogP contribution >= 0.6 is 0 Å². The quantitative estimate of drug-likeness (QED) is 0.188. The van der Waals surface area contributed by atoms with Gasteiger partial charge in [-0.1, -0.05) is 88.5 Å². The average molecular weight is 445 g/mol. The van der Waals surface area contributed by atoms with Crippen LogP contribution in [0.15, 0.2) is 0 Å². The van der Waals surface area contributed by atoms with E-state index in [1.807, 2.05) is 13.8 Å². The van der Waals surface area contributed by atoms with Crippen LogP contribution < -0.4 is 0 Å². The molecular formula is C27H56O4. The fourth-order valence-corrected chi connectivity index (χ4v) is 3.69. The standard InChI is InChI=1S/C20H38O4.C5H12.C2H6/c1-7-19(21)23-10-11-24-20(22)9-8-16(4)13-18(6)14-17(5)12-15(2)3;1-3-5-4-2;1-2/h15-18H,7-14H2,1-6H3;3-5H2,1-2H3;1-2H3. The molecule has 0 spiro atoms. The van der Waals surface area contributed by atoms with Gasteiger partial charge < -0.3 is 9.47 Å². The Morgan fingerprint density at radius 1 is 0.677 bits per heavy atom. The summed E-state index contributed by atoms with van der Waals surface area (Å²) >= 11 is 0. The third-order valence-corrected chi connectivity index (χ3v) is 4.93. The van der Waals surface area contributed by atoms with Gasteiger partial charge in [0, 0.05) is 12.8 Å². The Morgan fingerprint density at radius 3 is 1.55 bits per heavy atom. The Morgan fingerprint density at radius 2 is 1.13 bits per heavy atom. The third kappa shape index (κ3) is 28.9. The largest absolute Gasteiger partial charge is 0.462 e. The lowest BCUT2D eigenvalue weighted by molar-refractivity contribution is -0.152. The molecule has 0 aromatic carbocycles. The predicted octanol–water partition coefficient (Wildman–Crippen LogP) is 8.22. The van der Waals surface area contributed by atoms with E-state index >= 15 is 0 Å². The summed E-state index contributed by atoms with van der Waals surface area (Å²) in [5.41, 5.74) is 0. The Hall–Kier alpha value is -1.06. The van der Waals surface area contributed by atoms with Gasteiger partial charge in [0.15, 0.2) is 0 Å². The van der Waals surface area contributed by atoms with E-state index in [0.29, 0.717) is 24.7 Å². The van der Waals surface area contributed by atoms with E-state index < -0.39 is 0 Å². The van der Waals surface area contributed by atoms with Gasteiger partial charge >= 0.3 is 11.9 Å². The van der Waals surface area contributed by atoms with Crippen molar-refractivity contribution >= 4 is 11.9 Å². The maximum absolute atomic E-state index is 11.7. The second-order valence-electron chi connectivity index (χ2n) is 9.10. The molecule has 0 amide bonds. The van der Waals surface area contributed by atoms with E-state index in [0.717, 1.165) is 24.7 Å². The van der Waals surface area contributed by atoms with Crippen LogP contribution in [0.2, 0.25) is 0 Å². The van der Waals surface area contributed by atoms with Crippen LogP contribution in [0.4, 0.5) is 0 Å². The van der Waals surface area contributed by atoms with Gasteiger partial charge in [-0.3, -0.25) is 9.59 Å². The molecule has 4 heteroatoms. The van der Waals surface area contributed by atoms with Gasteiger partial charge in [-0.05, 0) is 49.4 Å². The molecule has 0 bridgehead atoms. The Labute approximate surface area is 195 Å². The first-order valence-corrected chi connectivity index (χ1v) is 13.0. The summed E-state index contributed by atoms with van der Waals surface area (Å²) in [4.78, 5) is 22.6. The molecule has 0 rings (SSSR count). The van der Waals surface area contributed by atoms with Gasteiger partial charge in [-0.15, -0.1) is 0 Å². The molecule has 3 atom stereocenters. The van der Waals surface area contributed by atoms with Crippen molar-refractivity contribution in [2.75, 3.05) is 13.2 Å². The highest BCUT2D eigenvalue weighted by Gasteiger charge is 2.15. The molecular weight excluding hydrogens is 388 g/mol. The van der Waals surface area contributed by atoms with E-state index in [1.54, 1.807) is 6.92 Å². The minimum absolute atomic E-state index is 0.152. The molecule has 0 saturated heterocycles. The first kappa shape index (κ1) is 34.6. The van der Waals surface area contributed by atoms with Crippen LogP contribution in [0, 0.1) is 23.7 Å². The van der Waals surface area contributed by atoms with E-state index in [9.17, 15) is 9.59 Å². The first-order chi connectivity index (χ1) is 14.7. The van der Waals surface area contributed by atoms with Crippen molar-refractivity contribution in [3.8, 4) is 0 Å². The van der Waals surface area contributed by atoms with Crippen molar-refractivity contribution in [2.45, 2.75) is 127 Å². The fraction of sp³-hybridized carbons (Fsp3) is 0.926. The molecule has 0 N–H and O–H groups in total. The normalized spacial score (nSPS) is 13.1. The molecule has 31 heavy (non-hydrogen) atoms. The van der Waals surface area contributed by atoms with Gasteiger partial charge in [0.25, 0.3) is 0 Å². The summed E-state index contributed by atoms with van der Waals surface area (Å²) in [5.74, 6) is 2.28. The second kappa shape index (κ2) is 25.2. The van der Waals surface area contributed by atoms with Gasteiger partial charge in [0.2, 0.25) is 0 Å². The van der Waals surface area contributed by atoms with Crippen LogP contribution in [-0.2, 0) is 19.1 Å². The number of esters is 2. The highest BCUT2D eigenvalue weighted by atomic mass is 16.6. The molecule has 0 saturated carbocycles. The summed E-state index contributed by atoms with van der Waals surface area (Å²) in [6, 6.07) is 0. The first-order valence-electron chi connectivity index (χ1n) is 13.0. The van der Waals surface area contributed by atoms with Crippen molar-refractivity contribution in [2.24, 2.45) is 23.7 Å². The predicted molar refractivity (Wildman–Crippen MR) is 134 cm³/mol. The van der Waals surface area contributed by atoms with Crippen molar-refractivity contribution in [3.05, 3.63) is 0 Å². The van der Waals surface area contributed by atoms with Crippen LogP contribution in [0.1, 0.15) is 127 Å². The van der Waals surface area contributed by atoms with Crippen molar-refractivity contribution < 1.29 is 19.1 Å². The van der Waals surface area contributed by atoms with E-state index in [2.05, 4.69) is 48.5 Å². The lowest BCUT2D eigenvalue weighted by Gasteiger charge is -2.21. The van der Waals surface area contributed by atoms with Crippen molar-refractivity contribution in [3.63, 3.8) is 0 Å². The molecule has 0 heterocycles. The molecule has 188 valence electrons. The molecule has 0 radical (unpaired) electrons. The molecule has 0 aliphatic heterocycles. The van der Waals surface area contributed by atoms with Crippen LogP contribution in [0.25, 0.3) is 0 Å². The van der Waals surface area contributed by atoms with E-state index in [-0.39, 0.29) is 25.2 Å². The number of carbonyl (C=O) groups excluding carboxylic acids is 2. The molecule has 0 aromatic rings. The van der Waals surface area contributed by atoms with Gasteiger partial charge in [-0.25, -0.2) is 0 Å². The van der Waals surface area contributed by atoms with Crippen molar-refractivity contribution in [1.82, 2.24) is 0 Å². The van der Waals surface area contributed by atoms with Crippen LogP contribution in [0.3, 0.4) is 0 Å². The molecule has 4 nitrogen and oxygen atoms in total. The zero-order valence-corrected chi connectivity index (χ0v) is 22.7. The molecule has 0 aromatic heterocycles. The van der Waals surface area contributed by atoms with E-state index in [4.69, 9.17) is 9.47 Å². The molecule has 3 unspecified atom stereocenters. The highest BCUT2D eigenvalue weighted by Crippen LogP contribution is 2.25. The number of ether oxygens (including phenoxy) is 2. The maximum atomic E-state index is 11.7. The zero-order valence-electron chi connectivity index (χ0n) is 22.7. The minimum atomic E-state index is -0.264. The lowest BCUT2D eigenvalue weighted by atomic mass is 9.85. The summed E-state index contributed by atoms with van der Waals surface area (Å²) in [6.07, 6.45) is 9.42. The Balaban J connectivity index is -0.000000973. The van der Waals surface area contributed by atoms with Gasteiger partial charge in [0.05, 0.1) is 0 Å².